The second kappa shape index (κ2) is 10.2. The van der Waals surface area contributed by atoms with Gasteiger partial charge in [-0.15, -0.1) is 0 Å². The van der Waals surface area contributed by atoms with Crippen LogP contribution < -0.4 is 14.8 Å². The molecule has 0 radical (unpaired) electrons. The fourth-order valence-electron chi connectivity index (χ4n) is 2.67. The van der Waals surface area contributed by atoms with Crippen LogP contribution in [-0.4, -0.2) is 33.2 Å². The molecule has 0 saturated heterocycles. The van der Waals surface area contributed by atoms with Crippen LogP contribution in [-0.2, 0) is 9.53 Å². The molecule has 0 aromatic heterocycles. The molecule has 6 nitrogen and oxygen atoms in total. The minimum atomic E-state index is -0.620. The van der Waals surface area contributed by atoms with Gasteiger partial charge in [-0.3, -0.25) is 4.79 Å². The molecular formula is C21H21Cl2NO5. The first-order chi connectivity index (χ1) is 13.8. The van der Waals surface area contributed by atoms with E-state index in [0.717, 1.165) is 11.1 Å². The van der Waals surface area contributed by atoms with Gasteiger partial charge in [-0.25, -0.2) is 4.79 Å². The van der Waals surface area contributed by atoms with Gasteiger partial charge in [-0.2, -0.15) is 0 Å². The molecule has 8 heteroatoms. The Morgan fingerprint density at radius 2 is 1.66 bits per heavy atom. The Labute approximate surface area is 179 Å². The molecule has 2 rings (SSSR count). The number of rotatable bonds is 7. The molecule has 29 heavy (non-hydrogen) atoms. The second-order valence-electron chi connectivity index (χ2n) is 5.89. The topological polar surface area (TPSA) is 73.9 Å². The van der Waals surface area contributed by atoms with Crippen molar-refractivity contribution >= 4 is 46.3 Å². The number of halogens is 2. The molecule has 0 unspecified atom stereocenters. The van der Waals surface area contributed by atoms with Gasteiger partial charge in [-0.1, -0.05) is 36.2 Å². The molecule has 1 N–H and O–H groups in total. The monoisotopic (exact) mass is 437 g/mol. The second-order valence-corrected chi connectivity index (χ2v) is 6.70. The van der Waals surface area contributed by atoms with Gasteiger partial charge in [0.05, 0.1) is 42.6 Å². The first-order valence-electron chi connectivity index (χ1n) is 8.65. The number of nitrogens with one attached hydrogen (secondary N) is 1. The summed E-state index contributed by atoms with van der Waals surface area (Å²) in [5.74, 6) is -0.346. The standard InChI is InChI=1S/C21H21Cl2NO5/c1-5-12(13-6-7-15(22)16(23)8-13)9-20(25)24-17-11-19(28-3)18(27-2)10-14(17)21(26)29-4/h6-11H,5H2,1-4H3,(H,24,25). The molecule has 0 aliphatic rings. The lowest BCUT2D eigenvalue weighted by atomic mass is 10.0. The van der Waals surface area contributed by atoms with Crippen molar-refractivity contribution in [3.8, 4) is 11.5 Å². The van der Waals surface area contributed by atoms with E-state index in [0.29, 0.717) is 28.0 Å². The Kier molecular flexibility index (Phi) is 7.93. The van der Waals surface area contributed by atoms with Crippen LogP contribution in [0.4, 0.5) is 5.69 Å². The highest BCUT2D eigenvalue weighted by Crippen LogP contribution is 2.34. The van der Waals surface area contributed by atoms with Crippen LogP contribution in [0.1, 0.15) is 29.3 Å². The molecule has 154 valence electrons. The summed E-state index contributed by atoms with van der Waals surface area (Å²) in [4.78, 5) is 24.8. The molecule has 0 fully saturated rings. The predicted octanol–water partition coefficient (Wildman–Crippen LogP) is 5.23. The molecule has 1 amide bonds. The first-order valence-corrected chi connectivity index (χ1v) is 9.41. The average molecular weight is 438 g/mol. The van der Waals surface area contributed by atoms with Gasteiger partial charge in [0.25, 0.3) is 0 Å². The van der Waals surface area contributed by atoms with E-state index in [2.05, 4.69) is 5.32 Å². The third kappa shape index (κ3) is 5.43. The summed E-state index contributed by atoms with van der Waals surface area (Å²) in [6.45, 7) is 1.91. The van der Waals surface area contributed by atoms with Crippen molar-refractivity contribution in [2.75, 3.05) is 26.6 Å². The summed E-state index contributed by atoms with van der Waals surface area (Å²) in [6, 6.07) is 8.10. The van der Waals surface area contributed by atoms with Crippen LogP contribution in [0, 0.1) is 0 Å². The molecule has 0 spiro atoms. The fourth-order valence-corrected chi connectivity index (χ4v) is 2.97. The zero-order chi connectivity index (χ0) is 21.6. The molecule has 0 heterocycles. The highest BCUT2D eigenvalue weighted by atomic mass is 35.5. The van der Waals surface area contributed by atoms with Crippen LogP contribution in [0.5, 0.6) is 11.5 Å². The van der Waals surface area contributed by atoms with Gasteiger partial charge >= 0.3 is 5.97 Å². The van der Waals surface area contributed by atoms with Crippen molar-refractivity contribution in [3.63, 3.8) is 0 Å². The highest BCUT2D eigenvalue weighted by Gasteiger charge is 2.19. The van der Waals surface area contributed by atoms with Crippen molar-refractivity contribution in [1.82, 2.24) is 0 Å². The highest BCUT2D eigenvalue weighted by molar-refractivity contribution is 6.42. The largest absolute Gasteiger partial charge is 0.493 e. The Morgan fingerprint density at radius 3 is 2.21 bits per heavy atom. The number of carbonyl (C=O) groups excluding carboxylic acids is 2. The summed E-state index contributed by atoms with van der Waals surface area (Å²) in [6.07, 6.45) is 2.03. The average Bonchev–Trinajstić information content (AvgIpc) is 2.73. The van der Waals surface area contributed by atoms with E-state index in [4.69, 9.17) is 37.4 Å². The van der Waals surface area contributed by atoms with Crippen molar-refractivity contribution in [1.29, 1.82) is 0 Å². The molecule has 0 aliphatic heterocycles. The van der Waals surface area contributed by atoms with E-state index in [1.165, 1.54) is 39.5 Å². The lowest BCUT2D eigenvalue weighted by Crippen LogP contribution is -2.14. The number of methoxy groups -OCH3 is 3. The SMILES string of the molecule is CCC(=CC(=O)Nc1cc(OC)c(OC)cc1C(=O)OC)c1ccc(Cl)c(Cl)c1. The van der Waals surface area contributed by atoms with Crippen molar-refractivity contribution < 1.29 is 23.8 Å². The Morgan fingerprint density at radius 1 is 1.00 bits per heavy atom. The normalized spacial score (nSPS) is 11.0. The molecular weight excluding hydrogens is 417 g/mol. The molecule has 0 atom stereocenters. The number of anilines is 1. The number of carbonyl (C=O) groups is 2. The van der Waals surface area contributed by atoms with E-state index in [1.807, 2.05) is 6.92 Å². The summed E-state index contributed by atoms with van der Waals surface area (Å²) in [7, 11) is 4.16. The van der Waals surface area contributed by atoms with Crippen LogP contribution in [0.2, 0.25) is 10.0 Å². The number of amides is 1. The zero-order valence-corrected chi connectivity index (χ0v) is 18.0. The minimum Gasteiger partial charge on any atom is -0.493 e. The zero-order valence-electron chi connectivity index (χ0n) is 16.5. The summed E-state index contributed by atoms with van der Waals surface area (Å²) in [5.41, 5.74) is 1.90. The maximum absolute atomic E-state index is 12.7. The first kappa shape index (κ1) is 22.6. The smallest absolute Gasteiger partial charge is 0.340 e. The summed E-state index contributed by atoms with van der Waals surface area (Å²) >= 11 is 12.0. The Balaban J connectivity index is 2.40. The van der Waals surface area contributed by atoms with Crippen LogP contribution in [0.15, 0.2) is 36.4 Å². The molecule has 0 saturated carbocycles. The summed E-state index contributed by atoms with van der Waals surface area (Å²) < 4.78 is 15.3. The van der Waals surface area contributed by atoms with Gasteiger partial charge in [0.1, 0.15) is 0 Å². The van der Waals surface area contributed by atoms with Crippen molar-refractivity contribution in [2.24, 2.45) is 0 Å². The van der Waals surface area contributed by atoms with E-state index in [-0.39, 0.29) is 11.3 Å². The third-order valence-corrected chi connectivity index (χ3v) is 4.90. The number of ether oxygens (including phenoxy) is 3. The van der Waals surface area contributed by atoms with E-state index in [9.17, 15) is 9.59 Å². The predicted molar refractivity (Wildman–Crippen MR) is 114 cm³/mol. The van der Waals surface area contributed by atoms with Gasteiger partial charge in [0.2, 0.25) is 5.91 Å². The van der Waals surface area contributed by atoms with Crippen LogP contribution in [0.3, 0.4) is 0 Å². The molecule has 2 aromatic carbocycles. The van der Waals surface area contributed by atoms with Crippen LogP contribution >= 0.6 is 23.2 Å². The van der Waals surface area contributed by atoms with Gasteiger partial charge in [0.15, 0.2) is 11.5 Å². The number of hydrogen-bond acceptors (Lipinski definition) is 5. The molecule has 0 aliphatic carbocycles. The quantitative estimate of drug-likeness (QED) is 0.474. The maximum Gasteiger partial charge on any atom is 0.340 e. The van der Waals surface area contributed by atoms with E-state index in [1.54, 1.807) is 18.2 Å². The number of hydrogen-bond donors (Lipinski definition) is 1. The van der Waals surface area contributed by atoms with Crippen molar-refractivity contribution in [3.05, 3.63) is 57.6 Å². The lowest BCUT2D eigenvalue weighted by molar-refractivity contribution is -0.111. The Hall–Kier alpha value is -2.70. The Bertz CT molecular complexity index is 956. The molecule has 0 bridgehead atoms. The number of allylic oxidation sites excluding steroid dienone is 1. The van der Waals surface area contributed by atoms with Gasteiger partial charge in [-0.05, 0) is 29.7 Å². The van der Waals surface area contributed by atoms with Gasteiger partial charge < -0.3 is 19.5 Å². The van der Waals surface area contributed by atoms with Crippen molar-refractivity contribution in [2.45, 2.75) is 13.3 Å². The summed E-state index contributed by atoms with van der Waals surface area (Å²) in [5, 5.41) is 3.54. The maximum atomic E-state index is 12.7. The number of benzene rings is 2. The lowest BCUT2D eigenvalue weighted by Gasteiger charge is -2.14. The minimum absolute atomic E-state index is 0.138. The van der Waals surface area contributed by atoms with E-state index < -0.39 is 11.9 Å². The van der Waals surface area contributed by atoms with Crippen LogP contribution in [0.25, 0.3) is 5.57 Å². The van der Waals surface area contributed by atoms with Gasteiger partial charge in [0, 0.05) is 18.2 Å². The molecule has 2 aromatic rings. The number of esters is 1. The third-order valence-electron chi connectivity index (χ3n) is 4.16. The fraction of sp³-hybridized carbons (Fsp3) is 0.238. The van der Waals surface area contributed by atoms with E-state index >= 15 is 0 Å².